The highest BCUT2D eigenvalue weighted by molar-refractivity contribution is 7.10. The highest BCUT2D eigenvalue weighted by Gasteiger charge is 2.26. The average Bonchev–Trinajstić information content (AvgIpc) is 3.09. The molecule has 0 radical (unpaired) electrons. The third-order valence-corrected chi connectivity index (χ3v) is 5.25. The van der Waals surface area contributed by atoms with Gasteiger partial charge in [0, 0.05) is 37.1 Å². The normalized spacial score (nSPS) is 17.5. The number of carbonyl (C=O) groups excluding carboxylic acids is 1. The minimum Gasteiger partial charge on any atom is -0.336 e. The molecule has 1 amide bonds. The number of hydrogen-bond acceptors (Lipinski definition) is 3. The Morgan fingerprint density at radius 3 is 2.50 bits per heavy atom. The van der Waals surface area contributed by atoms with Crippen molar-refractivity contribution in [3.8, 4) is 0 Å². The second kappa shape index (κ2) is 6.58. The van der Waals surface area contributed by atoms with Crippen molar-refractivity contribution < 1.29 is 9.18 Å². The predicted molar refractivity (Wildman–Crippen MR) is 86.6 cm³/mol. The Morgan fingerprint density at radius 1 is 1.14 bits per heavy atom. The van der Waals surface area contributed by atoms with Crippen molar-refractivity contribution in [3.05, 3.63) is 58.0 Å². The number of carbonyl (C=O) groups is 1. The number of benzene rings is 1. The van der Waals surface area contributed by atoms with Gasteiger partial charge in [-0.25, -0.2) is 4.39 Å². The summed E-state index contributed by atoms with van der Waals surface area (Å²) < 4.78 is 13.7. The van der Waals surface area contributed by atoms with Gasteiger partial charge in [0.15, 0.2) is 0 Å². The van der Waals surface area contributed by atoms with Crippen LogP contribution in [0.4, 0.5) is 4.39 Å². The summed E-state index contributed by atoms with van der Waals surface area (Å²) in [6.07, 6.45) is 0. The summed E-state index contributed by atoms with van der Waals surface area (Å²) in [5.41, 5.74) is 0.169. The Hall–Kier alpha value is -1.72. The van der Waals surface area contributed by atoms with Gasteiger partial charge in [0.05, 0.1) is 5.56 Å². The second-order valence-electron chi connectivity index (χ2n) is 5.50. The number of amides is 1. The fourth-order valence-electron chi connectivity index (χ4n) is 2.83. The second-order valence-corrected chi connectivity index (χ2v) is 6.48. The van der Waals surface area contributed by atoms with Crippen molar-refractivity contribution in [3.63, 3.8) is 0 Å². The van der Waals surface area contributed by atoms with E-state index < -0.39 is 5.82 Å². The molecule has 1 fully saturated rings. The van der Waals surface area contributed by atoms with Crippen LogP contribution in [0.25, 0.3) is 0 Å². The molecule has 0 aliphatic carbocycles. The van der Waals surface area contributed by atoms with Crippen LogP contribution in [0.5, 0.6) is 0 Å². The Balaban J connectivity index is 1.62. The molecule has 1 atom stereocenters. The first-order valence-electron chi connectivity index (χ1n) is 7.48. The average molecular weight is 318 g/mol. The van der Waals surface area contributed by atoms with Crippen LogP contribution in [0.15, 0.2) is 41.8 Å². The lowest BCUT2D eigenvalue weighted by Gasteiger charge is -2.37. The van der Waals surface area contributed by atoms with Crippen LogP contribution < -0.4 is 0 Å². The van der Waals surface area contributed by atoms with Crippen molar-refractivity contribution in [1.82, 2.24) is 9.80 Å². The minimum absolute atomic E-state index is 0.169. The summed E-state index contributed by atoms with van der Waals surface area (Å²) in [5, 5.41) is 2.09. The van der Waals surface area contributed by atoms with Crippen LogP contribution in [0.2, 0.25) is 0 Å². The molecule has 1 aliphatic rings. The van der Waals surface area contributed by atoms with Gasteiger partial charge in [-0.05, 0) is 30.5 Å². The number of hydrogen-bond donors (Lipinski definition) is 0. The van der Waals surface area contributed by atoms with E-state index in [1.54, 1.807) is 34.4 Å². The molecule has 0 bridgehead atoms. The first-order valence-corrected chi connectivity index (χ1v) is 8.36. The molecule has 1 aromatic heterocycles. The highest BCUT2D eigenvalue weighted by atomic mass is 32.1. The highest BCUT2D eigenvalue weighted by Crippen LogP contribution is 2.25. The van der Waals surface area contributed by atoms with E-state index in [4.69, 9.17) is 0 Å². The molecule has 116 valence electrons. The molecule has 0 saturated carbocycles. The summed E-state index contributed by atoms with van der Waals surface area (Å²) >= 11 is 1.76. The zero-order valence-corrected chi connectivity index (χ0v) is 13.4. The topological polar surface area (TPSA) is 23.6 Å². The monoisotopic (exact) mass is 318 g/mol. The number of thiophene rings is 1. The van der Waals surface area contributed by atoms with Gasteiger partial charge in [0.2, 0.25) is 0 Å². The van der Waals surface area contributed by atoms with E-state index in [-0.39, 0.29) is 11.5 Å². The first-order chi connectivity index (χ1) is 10.7. The SMILES string of the molecule is CC(c1cccs1)N1CCN(C(=O)c2ccccc2F)CC1. The molecular formula is C17H19FN2OS. The summed E-state index contributed by atoms with van der Waals surface area (Å²) in [5.74, 6) is -0.650. The van der Waals surface area contributed by atoms with E-state index in [1.165, 1.54) is 10.9 Å². The van der Waals surface area contributed by atoms with Crippen molar-refractivity contribution in [2.75, 3.05) is 26.2 Å². The molecule has 1 aliphatic heterocycles. The molecule has 3 nitrogen and oxygen atoms in total. The molecule has 2 aromatic rings. The van der Waals surface area contributed by atoms with E-state index in [0.717, 1.165) is 13.1 Å². The lowest BCUT2D eigenvalue weighted by molar-refractivity contribution is 0.0580. The van der Waals surface area contributed by atoms with Gasteiger partial charge < -0.3 is 4.90 Å². The summed E-state index contributed by atoms with van der Waals surface area (Å²) in [6.45, 7) is 5.12. The van der Waals surface area contributed by atoms with Gasteiger partial charge in [-0.2, -0.15) is 0 Å². The van der Waals surface area contributed by atoms with Crippen LogP contribution in [-0.4, -0.2) is 41.9 Å². The van der Waals surface area contributed by atoms with Gasteiger partial charge in [-0.1, -0.05) is 18.2 Å². The number of nitrogens with zero attached hydrogens (tertiary/aromatic N) is 2. The molecule has 1 saturated heterocycles. The Labute approximate surface area is 134 Å². The third kappa shape index (κ3) is 3.05. The van der Waals surface area contributed by atoms with Gasteiger partial charge in [0.25, 0.3) is 5.91 Å². The maximum Gasteiger partial charge on any atom is 0.256 e. The van der Waals surface area contributed by atoms with E-state index in [1.807, 2.05) is 0 Å². The Kier molecular flexibility index (Phi) is 4.55. The van der Waals surface area contributed by atoms with Crippen molar-refractivity contribution in [2.45, 2.75) is 13.0 Å². The zero-order chi connectivity index (χ0) is 15.5. The standard InChI is InChI=1S/C17H19FN2OS/c1-13(16-7-4-12-22-16)19-8-10-20(11-9-19)17(21)14-5-2-3-6-15(14)18/h2-7,12-13H,8-11H2,1H3. The largest absolute Gasteiger partial charge is 0.336 e. The van der Waals surface area contributed by atoms with Crippen molar-refractivity contribution in [1.29, 1.82) is 0 Å². The van der Waals surface area contributed by atoms with Gasteiger partial charge in [0.1, 0.15) is 5.82 Å². The molecule has 2 heterocycles. The number of rotatable bonds is 3. The molecule has 22 heavy (non-hydrogen) atoms. The minimum atomic E-state index is -0.443. The van der Waals surface area contributed by atoms with Gasteiger partial charge >= 0.3 is 0 Å². The Bertz CT molecular complexity index is 636. The van der Waals surface area contributed by atoms with Crippen LogP contribution in [-0.2, 0) is 0 Å². The van der Waals surface area contributed by atoms with Crippen molar-refractivity contribution in [2.24, 2.45) is 0 Å². The lowest BCUT2D eigenvalue weighted by atomic mass is 10.1. The molecule has 3 rings (SSSR count). The van der Waals surface area contributed by atoms with Crippen LogP contribution >= 0.6 is 11.3 Å². The van der Waals surface area contributed by atoms with Crippen LogP contribution in [0.1, 0.15) is 28.2 Å². The van der Waals surface area contributed by atoms with E-state index in [0.29, 0.717) is 19.1 Å². The maximum atomic E-state index is 13.7. The van der Waals surface area contributed by atoms with Crippen LogP contribution in [0.3, 0.4) is 0 Å². The molecule has 1 unspecified atom stereocenters. The fourth-order valence-corrected chi connectivity index (χ4v) is 3.64. The van der Waals surface area contributed by atoms with Gasteiger partial charge in [-0.15, -0.1) is 11.3 Å². The van der Waals surface area contributed by atoms with E-state index in [2.05, 4.69) is 29.3 Å². The molecular weight excluding hydrogens is 299 g/mol. The third-order valence-electron chi connectivity index (χ3n) is 4.21. The Morgan fingerprint density at radius 2 is 1.86 bits per heavy atom. The smallest absolute Gasteiger partial charge is 0.256 e. The number of halogens is 1. The number of piperazine rings is 1. The zero-order valence-electron chi connectivity index (χ0n) is 12.5. The quantitative estimate of drug-likeness (QED) is 0.866. The summed E-state index contributed by atoms with van der Waals surface area (Å²) in [4.78, 5) is 17.9. The lowest BCUT2D eigenvalue weighted by Crippen LogP contribution is -2.49. The van der Waals surface area contributed by atoms with E-state index >= 15 is 0 Å². The first kappa shape index (κ1) is 15.2. The summed E-state index contributed by atoms with van der Waals surface area (Å²) in [6, 6.07) is 10.8. The van der Waals surface area contributed by atoms with E-state index in [9.17, 15) is 9.18 Å². The molecule has 1 aromatic carbocycles. The fraction of sp³-hybridized carbons (Fsp3) is 0.353. The molecule has 0 spiro atoms. The van der Waals surface area contributed by atoms with Crippen LogP contribution in [0, 0.1) is 5.82 Å². The van der Waals surface area contributed by atoms with Crippen molar-refractivity contribution >= 4 is 17.2 Å². The maximum absolute atomic E-state index is 13.7. The summed E-state index contributed by atoms with van der Waals surface area (Å²) in [7, 11) is 0. The predicted octanol–water partition coefficient (Wildman–Crippen LogP) is 3.41. The van der Waals surface area contributed by atoms with Gasteiger partial charge in [-0.3, -0.25) is 9.69 Å². The molecule has 5 heteroatoms. The molecule has 0 N–H and O–H groups in total.